The molecule has 0 radical (unpaired) electrons. The van der Waals surface area contributed by atoms with Crippen LogP contribution in [0.3, 0.4) is 0 Å². The zero-order valence-corrected chi connectivity index (χ0v) is 11.1. The number of hydrogen-bond donors (Lipinski definition) is 1. The van der Waals surface area contributed by atoms with Crippen LogP contribution in [0.5, 0.6) is 0 Å². The van der Waals surface area contributed by atoms with E-state index in [1.807, 2.05) is 30.3 Å². The summed E-state index contributed by atoms with van der Waals surface area (Å²) in [4.78, 5) is 12.9. The van der Waals surface area contributed by atoms with E-state index in [1.165, 1.54) is 23.1 Å². The molecule has 0 aliphatic rings. The van der Waals surface area contributed by atoms with Gasteiger partial charge in [-0.3, -0.25) is 4.79 Å². The van der Waals surface area contributed by atoms with E-state index in [0.717, 1.165) is 5.75 Å². The average Bonchev–Trinajstić information content (AvgIpc) is 2.44. The third-order valence-electron chi connectivity index (χ3n) is 2.49. The van der Waals surface area contributed by atoms with Gasteiger partial charge in [-0.05, 0) is 30.3 Å². The van der Waals surface area contributed by atoms with E-state index in [9.17, 15) is 9.18 Å². The fraction of sp³-hybridized carbons (Fsp3) is 0.133. The van der Waals surface area contributed by atoms with Crippen molar-refractivity contribution in [3.8, 4) is 0 Å². The molecule has 2 nitrogen and oxygen atoms in total. The van der Waals surface area contributed by atoms with Crippen LogP contribution in [0.15, 0.2) is 59.5 Å². The van der Waals surface area contributed by atoms with Crippen LogP contribution in [0.25, 0.3) is 0 Å². The lowest BCUT2D eigenvalue weighted by molar-refractivity contribution is 0.0955. The second-order valence-electron chi connectivity index (χ2n) is 3.93. The fourth-order valence-electron chi connectivity index (χ4n) is 1.58. The van der Waals surface area contributed by atoms with Gasteiger partial charge in [0.1, 0.15) is 5.82 Å². The first kappa shape index (κ1) is 13.6. The smallest absolute Gasteiger partial charge is 0.251 e. The summed E-state index contributed by atoms with van der Waals surface area (Å²) in [7, 11) is 0. The van der Waals surface area contributed by atoms with E-state index in [0.29, 0.717) is 12.1 Å². The molecular weight excluding hydrogens is 261 g/mol. The van der Waals surface area contributed by atoms with E-state index >= 15 is 0 Å². The highest BCUT2D eigenvalue weighted by molar-refractivity contribution is 7.99. The fourth-order valence-corrected chi connectivity index (χ4v) is 2.37. The highest BCUT2D eigenvalue weighted by Crippen LogP contribution is 2.15. The summed E-state index contributed by atoms with van der Waals surface area (Å²) < 4.78 is 13.0. The van der Waals surface area contributed by atoms with Crippen LogP contribution in [0.4, 0.5) is 4.39 Å². The van der Waals surface area contributed by atoms with Crippen LogP contribution < -0.4 is 5.32 Å². The van der Waals surface area contributed by atoms with E-state index in [2.05, 4.69) is 5.32 Å². The van der Waals surface area contributed by atoms with Gasteiger partial charge in [-0.15, -0.1) is 11.8 Å². The van der Waals surface area contributed by atoms with Gasteiger partial charge in [0.15, 0.2) is 0 Å². The molecule has 0 bridgehead atoms. The molecule has 2 rings (SSSR count). The van der Waals surface area contributed by atoms with E-state index in [-0.39, 0.29) is 5.91 Å². The molecule has 1 amide bonds. The second-order valence-corrected chi connectivity index (χ2v) is 5.10. The summed E-state index contributed by atoms with van der Waals surface area (Å²) in [5, 5.41) is 2.77. The molecule has 0 aliphatic heterocycles. The van der Waals surface area contributed by atoms with Crippen molar-refractivity contribution in [1.29, 1.82) is 0 Å². The van der Waals surface area contributed by atoms with E-state index < -0.39 is 5.82 Å². The molecule has 2 aromatic carbocycles. The van der Waals surface area contributed by atoms with Gasteiger partial charge in [-0.25, -0.2) is 4.39 Å². The van der Waals surface area contributed by atoms with Gasteiger partial charge in [0.2, 0.25) is 0 Å². The monoisotopic (exact) mass is 275 g/mol. The largest absolute Gasteiger partial charge is 0.351 e. The highest BCUT2D eigenvalue weighted by Gasteiger charge is 2.05. The third kappa shape index (κ3) is 4.41. The van der Waals surface area contributed by atoms with Crippen molar-refractivity contribution >= 4 is 17.7 Å². The van der Waals surface area contributed by atoms with E-state index in [1.54, 1.807) is 17.8 Å². The molecule has 0 saturated heterocycles. The Labute approximate surface area is 116 Å². The van der Waals surface area contributed by atoms with Crippen LogP contribution >= 0.6 is 11.8 Å². The summed E-state index contributed by atoms with van der Waals surface area (Å²) in [5.41, 5.74) is 0.352. The number of amides is 1. The van der Waals surface area contributed by atoms with Crippen LogP contribution in [-0.4, -0.2) is 18.2 Å². The Kier molecular flexibility index (Phi) is 4.98. The molecule has 0 unspecified atom stereocenters. The van der Waals surface area contributed by atoms with Crippen molar-refractivity contribution in [2.24, 2.45) is 0 Å². The Morgan fingerprint density at radius 1 is 1.11 bits per heavy atom. The molecule has 0 spiro atoms. The first-order chi connectivity index (χ1) is 9.25. The van der Waals surface area contributed by atoms with Crippen LogP contribution in [-0.2, 0) is 0 Å². The maximum absolute atomic E-state index is 13.0. The molecule has 4 heteroatoms. The summed E-state index contributed by atoms with van der Waals surface area (Å²) >= 11 is 1.67. The lowest BCUT2D eigenvalue weighted by Crippen LogP contribution is -2.25. The summed E-state index contributed by atoms with van der Waals surface area (Å²) in [5.74, 6) is 0.143. The molecule has 0 saturated carbocycles. The van der Waals surface area contributed by atoms with Crippen LogP contribution in [0.1, 0.15) is 10.4 Å². The van der Waals surface area contributed by atoms with Crippen molar-refractivity contribution in [3.63, 3.8) is 0 Å². The van der Waals surface area contributed by atoms with Gasteiger partial charge in [-0.2, -0.15) is 0 Å². The van der Waals surface area contributed by atoms with Crippen LogP contribution in [0, 0.1) is 5.82 Å². The molecule has 0 aliphatic carbocycles. The first-order valence-corrected chi connectivity index (χ1v) is 6.96. The zero-order chi connectivity index (χ0) is 13.5. The van der Waals surface area contributed by atoms with Gasteiger partial charge in [0.25, 0.3) is 5.91 Å². The number of nitrogens with one attached hydrogen (secondary N) is 1. The minimum Gasteiger partial charge on any atom is -0.351 e. The Morgan fingerprint density at radius 2 is 1.89 bits per heavy atom. The molecule has 98 valence electrons. The molecule has 0 atom stereocenters. The first-order valence-electron chi connectivity index (χ1n) is 5.97. The number of benzene rings is 2. The quantitative estimate of drug-likeness (QED) is 0.669. The average molecular weight is 275 g/mol. The van der Waals surface area contributed by atoms with Crippen molar-refractivity contribution in [2.45, 2.75) is 4.90 Å². The Bertz CT molecular complexity index is 545. The Balaban J connectivity index is 1.75. The number of carbonyl (C=O) groups excluding carboxylic acids is 1. The van der Waals surface area contributed by atoms with Crippen LogP contribution in [0.2, 0.25) is 0 Å². The predicted molar refractivity (Wildman–Crippen MR) is 75.9 cm³/mol. The number of hydrogen-bond acceptors (Lipinski definition) is 2. The molecule has 0 heterocycles. The Hall–Kier alpha value is -1.81. The Morgan fingerprint density at radius 3 is 2.63 bits per heavy atom. The van der Waals surface area contributed by atoms with Crippen molar-refractivity contribution in [1.82, 2.24) is 5.32 Å². The standard InChI is InChI=1S/C15H14FNOS/c16-13-6-4-5-12(11-13)15(18)17-9-10-19-14-7-2-1-3-8-14/h1-8,11H,9-10H2,(H,17,18). The number of rotatable bonds is 5. The maximum atomic E-state index is 13.0. The number of thioether (sulfide) groups is 1. The lowest BCUT2D eigenvalue weighted by Gasteiger charge is -2.05. The van der Waals surface area contributed by atoms with Gasteiger partial charge in [0.05, 0.1) is 0 Å². The van der Waals surface area contributed by atoms with Crippen molar-refractivity contribution in [2.75, 3.05) is 12.3 Å². The lowest BCUT2D eigenvalue weighted by atomic mass is 10.2. The SMILES string of the molecule is O=C(NCCSc1ccccc1)c1cccc(F)c1. The third-order valence-corrected chi connectivity index (χ3v) is 3.50. The summed E-state index contributed by atoms with van der Waals surface area (Å²) in [6.07, 6.45) is 0. The number of halogens is 1. The van der Waals surface area contributed by atoms with E-state index in [4.69, 9.17) is 0 Å². The van der Waals surface area contributed by atoms with Gasteiger partial charge in [0, 0.05) is 22.8 Å². The molecule has 0 aromatic heterocycles. The van der Waals surface area contributed by atoms with Crippen molar-refractivity contribution < 1.29 is 9.18 Å². The minimum atomic E-state index is -0.397. The normalized spacial score (nSPS) is 10.2. The van der Waals surface area contributed by atoms with Gasteiger partial charge in [-0.1, -0.05) is 24.3 Å². The molecule has 2 aromatic rings. The minimum absolute atomic E-state index is 0.242. The number of carbonyl (C=O) groups is 1. The molecular formula is C15H14FNOS. The molecule has 1 N–H and O–H groups in total. The van der Waals surface area contributed by atoms with Gasteiger partial charge >= 0.3 is 0 Å². The highest BCUT2D eigenvalue weighted by atomic mass is 32.2. The van der Waals surface area contributed by atoms with Gasteiger partial charge < -0.3 is 5.32 Å². The topological polar surface area (TPSA) is 29.1 Å². The summed E-state index contributed by atoms with van der Waals surface area (Å²) in [6, 6.07) is 15.7. The predicted octanol–water partition coefficient (Wildman–Crippen LogP) is 3.35. The second kappa shape index (κ2) is 6.95. The maximum Gasteiger partial charge on any atom is 0.251 e. The molecule has 0 fully saturated rings. The summed E-state index contributed by atoms with van der Waals surface area (Å²) in [6.45, 7) is 0.551. The zero-order valence-electron chi connectivity index (χ0n) is 10.3. The molecule has 19 heavy (non-hydrogen) atoms. The van der Waals surface area contributed by atoms with Crippen molar-refractivity contribution in [3.05, 3.63) is 66.0 Å².